The summed E-state index contributed by atoms with van der Waals surface area (Å²) in [5, 5.41) is 10.2. The molecule has 2 aromatic rings. The molecule has 1 fully saturated rings. The highest BCUT2D eigenvalue weighted by molar-refractivity contribution is 8.93. The molecule has 1 N–H and O–H groups in total. The van der Waals surface area contributed by atoms with Crippen LogP contribution in [-0.2, 0) is 7.05 Å². The molecule has 7 nitrogen and oxygen atoms in total. The summed E-state index contributed by atoms with van der Waals surface area (Å²) < 4.78 is 12.8. The van der Waals surface area contributed by atoms with Crippen molar-refractivity contribution in [3.8, 4) is 11.5 Å². The summed E-state index contributed by atoms with van der Waals surface area (Å²) in [4.78, 5) is 20.7. The summed E-state index contributed by atoms with van der Waals surface area (Å²) in [6.45, 7) is 2.48. The molecule has 2 heterocycles. The molecule has 1 saturated carbocycles. The first-order chi connectivity index (χ1) is 13.5. The number of aliphatic imine (C=N–C) groups is 1. The SMILES string of the molecule is Br.CCOc1cc2c(cc1OC)C(c1cnc(=O)n(C)c1)=N[C@@H]1CC[C@@H](O)C[C@H]21. The van der Waals surface area contributed by atoms with E-state index < -0.39 is 0 Å². The zero-order valence-corrected chi connectivity index (χ0v) is 18.5. The third kappa shape index (κ3) is 3.96. The lowest BCUT2D eigenvalue weighted by atomic mass is 9.74. The fourth-order valence-electron chi connectivity index (χ4n) is 4.24. The Hall–Kier alpha value is -2.19. The second-order valence-electron chi connectivity index (χ2n) is 7.38. The van der Waals surface area contributed by atoms with Crippen LogP contribution in [-0.4, -0.2) is 46.2 Å². The molecule has 1 aliphatic carbocycles. The van der Waals surface area contributed by atoms with E-state index in [1.807, 2.05) is 19.1 Å². The maximum Gasteiger partial charge on any atom is 0.347 e. The van der Waals surface area contributed by atoms with Crippen molar-refractivity contribution < 1.29 is 14.6 Å². The molecule has 0 saturated heterocycles. The van der Waals surface area contributed by atoms with Gasteiger partial charge in [-0.05, 0) is 43.9 Å². The van der Waals surface area contributed by atoms with Gasteiger partial charge in [0.2, 0.25) is 0 Å². The van der Waals surface area contributed by atoms with Crippen LogP contribution < -0.4 is 15.2 Å². The van der Waals surface area contributed by atoms with Crippen molar-refractivity contribution in [3.63, 3.8) is 0 Å². The van der Waals surface area contributed by atoms with Crippen molar-refractivity contribution >= 4 is 22.7 Å². The number of rotatable bonds is 4. The van der Waals surface area contributed by atoms with Crippen molar-refractivity contribution in [1.29, 1.82) is 0 Å². The molecule has 0 spiro atoms. The number of aryl methyl sites for hydroxylation is 1. The Balaban J connectivity index is 0.00000240. The Bertz CT molecular complexity index is 988. The quantitative estimate of drug-likeness (QED) is 0.752. The molecular weight excluding hydrogens is 438 g/mol. The number of benzene rings is 1. The van der Waals surface area contributed by atoms with E-state index in [9.17, 15) is 9.90 Å². The van der Waals surface area contributed by atoms with E-state index in [0.29, 0.717) is 24.5 Å². The molecule has 0 radical (unpaired) electrons. The molecule has 29 heavy (non-hydrogen) atoms. The Labute approximate surface area is 180 Å². The van der Waals surface area contributed by atoms with E-state index in [4.69, 9.17) is 14.5 Å². The van der Waals surface area contributed by atoms with Crippen LogP contribution >= 0.6 is 17.0 Å². The highest BCUT2D eigenvalue weighted by Crippen LogP contribution is 2.44. The Morgan fingerprint density at radius 2 is 2.07 bits per heavy atom. The smallest absolute Gasteiger partial charge is 0.347 e. The lowest BCUT2D eigenvalue weighted by Gasteiger charge is -2.37. The second kappa shape index (κ2) is 8.67. The van der Waals surface area contributed by atoms with Gasteiger partial charge >= 0.3 is 5.69 Å². The first-order valence-electron chi connectivity index (χ1n) is 9.65. The van der Waals surface area contributed by atoms with Gasteiger partial charge in [0, 0.05) is 36.5 Å². The molecule has 8 heteroatoms. The number of aromatic nitrogens is 2. The average Bonchev–Trinajstić information content (AvgIpc) is 2.69. The molecular formula is C21H26BrN3O4. The number of aliphatic hydroxyl groups excluding tert-OH is 1. The lowest BCUT2D eigenvalue weighted by molar-refractivity contribution is 0.111. The van der Waals surface area contributed by atoms with E-state index in [1.54, 1.807) is 26.6 Å². The van der Waals surface area contributed by atoms with Gasteiger partial charge in [-0.3, -0.25) is 4.99 Å². The van der Waals surface area contributed by atoms with Crippen molar-refractivity contribution in [3.05, 3.63) is 51.7 Å². The predicted molar refractivity (Wildman–Crippen MR) is 116 cm³/mol. The summed E-state index contributed by atoms with van der Waals surface area (Å²) in [7, 11) is 3.30. The third-order valence-electron chi connectivity index (χ3n) is 5.59. The molecule has 4 rings (SSSR count). The second-order valence-corrected chi connectivity index (χ2v) is 7.38. The number of aliphatic hydroxyl groups is 1. The number of nitrogens with zero attached hydrogens (tertiary/aromatic N) is 3. The van der Waals surface area contributed by atoms with E-state index in [0.717, 1.165) is 35.2 Å². The molecule has 1 aromatic heterocycles. The van der Waals surface area contributed by atoms with Crippen LogP contribution in [0.25, 0.3) is 0 Å². The number of fused-ring (bicyclic) bond motifs is 3. The molecule has 3 atom stereocenters. The normalized spacial score (nSPS) is 22.6. The first-order valence-corrected chi connectivity index (χ1v) is 9.65. The van der Waals surface area contributed by atoms with E-state index in [1.165, 1.54) is 4.57 Å². The number of halogens is 1. The maximum atomic E-state index is 11.7. The summed E-state index contributed by atoms with van der Waals surface area (Å²) in [5.41, 5.74) is 3.34. The van der Waals surface area contributed by atoms with Gasteiger partial charge in [-0.25, -0.2) is 9.78 Å². The van der Waals surface area contributed by atoms with Crippen LogP contribution in [0.2, 0.25) is 0 Å². The Morgan fingerprint density at radius 3 is 2.76 bits per heavy atom. The van der Waals surface area contributed by atoms with Crippen molar-refractivity contribution in [2.75, 3.05) is 13.7 Å². The monoisotopic (exact) mass is 463 g/mol. The number of ether oxygens (including phenoxy) is 2. The van der Waals surface area contributed by atoms with Crippen molar-refractivity contribution in [1.82, 2.24) is 9.55 Å². The summed E-state index contributed by atoms with van der Waals surface area (Å²) >= 11 is 0. The number of hydrogen-bond donors (Lipinski definition) is 1. The third-order valence-corrected chi connectivity index (χ3v) is 5.59. The molecule has 0 bridgehead atoms. The fourth-order valence-corrected chi connectivity index (χ4v) is 4.24. The van der Waals surface area contributed by atoms with Crippen molar-refractivity contribution in [2.24, 2.45) is 12.0 Å². The molecule has 0 amide bonds. The van der Waals surface area contributed by atoms with Crippen LogP contribution in [0.5, 0.6) is 11.5 Å². The minimum atomic E-state index is -0.317. The van der Waals surface area contributed by atoms with Crippen LogP contribution in [0.4, 0.5) is 0 Å². The minimum Gasteiger partial charge on any atom is -0.493 e. The highest BCUT2D eigenvalue weighted by Gasteiger charge is 2.37. The largest absolute Gasteiger partial charge is 0.493 e. The van der Waals surface area contributed by atoms with Crippen molar-refractivity contribution in [2.45, 2.75) is 44.2 Å². The van der Waals surface area contributed by atoms with E-state index >= 15 is 0 Å². The topological polar surface area (TPSA) is 85.9 Å². The Morgan fingerprint density at radius 1 is 1.28 bits per heavy atom. The zero-order chi connectivity index (χ0) is 19.8. The average molecular weight is 464 g/mol. The summed E-state index contributed by atoms with van der Waals surface area (Å²) in [6.07, 6.45) is 5.27. The molecule has 1 aromatic carbocycles. The van der Waals surface area contributed by atoms with E-state index in [2.05, 4.69) is 4.98 Å². The van der Waals surface area contributed by atoms with Gasteiger partial charge in [-0.15, -0.1) is 17.0 Å². The van der Waals surface area contributed by atoms with Gasteiger partial charge in [-0.1, -0.05) is 0 Å². The molecule has 156 valence electrons. The first kappa shape index (κ1) is 21.5. The van der Waals surface area contributed by atoms with Gasteiger partial charge in [0.25, 0.3) is 0 Å². The van der Waals surface area contributed by atoms with Gasteiger partial charge in [0.1, 0.15) is 0 Å². The lowest BCUT2D eigenvalue weighted by Crippen LogP contribution is -2.34. The van der Waals surface area contributed by atoms with Gasteiger partial charge in [0.15, 0.2) is 11.5 Å². The number of methoxy groups -OCH3 is 1. The minimum absolute atomic E-state index is 0. The van der Waals surface area contributed by atoms with Crippen LogP contribution in [0.15, 0.2) is 34.3 Å². The van der Waals surface area contributed by atoms with Crippen LogP contribution in [0, 0.1) is 0 Å². The van der Waals surface area contributed by atoms with Gasteiger partial charge in [0.05, 0.1) is 31.6 Å². The standard InChI is InChI=1S/C21H25N3O4.BrH/c1-4-28-19-8-14-15-7-13(25)5-6-17(15)23-20(16(14)9-18(19)27-3)12-10-22-21(26)24(2)11-12;/h8-11,13,15,17,25H,4-7H2,1-3H3;1H/t13-,15-,17-;/m1./s1. The van der Waals surface area contributed by atoms with Crippen LogP contribution in [0.3, 0.4) is 0 Å². The predicted octanol–water partition coefficient (Wildman–Crippen LogP) is 2.61. The van der Waals surface area contributed by atoms with E-state index in [-0.39, 0.29) is 40.7 Å². The number of hydrogen-bond acceptors (Lipinski definition) is 6. The zero-order valence-electron chi connectivity index (χ0n) is 16.8. The van der Waals surface area contributed by atoms with Gasteiger partial charge in [-0.2, -0.15) is 0 Å². The van der Waals surface area contributed by atoms with Crippen LogP contribution in [0.1, 0.15) is 48.8 Å². The summed E-state index contributed by atoms with van der Waals surface area (Å²) in [6, 6.07) is 4.06. The maximum absolute atomic E-state index is 11.7. The molecule has 1 aliphatic heterocycles. The molecule has 0 unspecified atom stereocenters. The fraction of sp³-hybridized carbons (Fsp3) is 0.476. The summed E-state index contributed by atoms with van der Waals surface area (Å²) in [5.74, 6) is 1.47. The highest BCUT2D eigenvalue weighted by atomic mass is 79.9. The Kier molecular flexibility index (Phi) is 6.43. The van der Waals surface area contributed by atoms with Gasteiger partial charge < -0.3 is 19.1 Å². The molecule has 2 aliphatic rings.